The van der Waals surface area contributed by atoms with Crippen LogP contribution in [0.25, 0.3) is 0 Å². The Kier molecular flexibility index (Phi) is 8.45. The average Bonchev–Trinajstić information content (AvgIpc) is 2.72. The van der Waals surface area contributed by atoms with Gasteiger partial charge in [0, 0.05) is 11.6 Å². The molecule has 0 bridgehead atoms. The van der Waals surface area contributed by atoms with Crippen molar-refractivity contribution in [3.05, 3.63) is 63.7 Å². The molecule has 1 N–H and O–H groups in total. The maximum absolute atomic E-state index is 12.8. The van der Waals surface area contributed by atoms with E-state index in [1.165, 1.54) is 43.5 Å². The molecule has 2 aromatic rings. The number of nitro benzene ring substituents is 1. The maximum atomic E-state index is 12.8. The van der Waals surface area contributed by atoms with Gasteiger partial charge >= 0.3 is 12.6 Å². The van der Waals surface area contributed by atoms with E-state index in [1.54, 1.807) is 13.8 Å². The molecule has 2 aromatic carbocycles. The lowest BCUT2D eigenvalue weighted by molar-refractivity contribution is -0.385. The lowest BCUT2D eigenvalue weighted by atomic mass is 10.0. The van der Waals surface area contributed by atoms with E-state index in [2.05, 4.69) is 10.1 Å². The topological polar surface area (TPSA) is 117 Å². The summed E-state index contributed by atoms with van der Waals surface area (Å²) in [6, 6.07) is 8.11. The van der Waals surface area contributed by atoms with Gasteiger partial charge in [-0.3, -0.25) is 19.7 Å². The molecule has 2 rings (SSSR count). The number of benzene rings is 2. The van der Waals surface area contributed by atoms with Crippen molar-refractivity contribution in [3.8, 4) is 11.5 Å². The number of halogens is 2. The normalized spacial score (nSPS) is 11.7. The molecule has 1 atom stereocenters. The average molecular weight is 452 g/mol. The minimum absolute atomic E-state index is 0.00396. The third-order valence-electron chi connectivity index (χ3n) is 4.19. The van der Waals surface area contributed by atoms with Crippen LogP contribution in [0.1, 0.15) is 42.2 Å². The van der Waals surface area contributed by atoms with Crippen LogP contribution in [0.5, 0.6) is 11.5 Å². The molecule has 0 radical (unpaired) electrons. The van der Waals surface area contributed by atoms with Crippen molar-refractivity contribution in [1.29, 1.82) is 0 Å². The van der Waals surface area contributed by atoms with Crippen LogP contribution >= 0.6 is 0 Å². The Bertz CT molecular complexity index is 982. The van der Waals surface area contributed by atoms with E-state index in [1.807, 2.05) is 0 Å². The Morgan fingerprint density at radius 2 is 1.81 bits per heavy atom. The van der Waals surface area contributed by atoms with Crippen molar-refractivity contribution >= 4 is 17.6 Å². The van der Waals surface area contributed by atoms with E-state index >= 15 is 0 Å². The predicted octanol–water partition coefficient (Wildman–Crippen LogP) is 4.02. The van der Waals surface area contributed by atoms with Gasteiger partial charge in [0.1, 0.15) is 0 Å². The molecular weight excluding hydrogens is 430 g/mol. The molecule has 0 fully saturated rings. The van der Waals surface area contributed by atoms with E-state index in [0.717, 1.165) is 6.07 Å². The first-order valence-corrected chi connectivity index (χ1v) is 9.48. The summed E-state index contributed by atoms with van der Waals surface area (Å²) < 4.78 is 39.5. The highest BCUT2D eigenvalue weighted by atomic mass is 19.3. The Labute approximate surface area is 182 Å². The van der Waals surface area contributed by atoms with Crippen molar-refractivity contribution in [3.63, 3.8) is 0 Å². The van der Waals surface area contributed by atoms with E-state index in [0.29, 0.717) is 0 Å². The number of nitro groups is 1. The summed E-state index contributed by atoms with van der Waals surface area (Å²) in [6.07, 6.45) is -0.783. The second-order valence-corrected chi connectivity index (χ2v) is 6.83. The Balaban J connectivity index is 2.36. The van der Waals surface area contributed by atoms with Crippen LogP contribution in [-0.4, -0.2) is 36.6 Å². The number of hydrogen-bond donors (Lipinski definition) is 1. The second-order valence-electron chi connectivity index (χ2n) is 6.83. The number of nitrogens with one attached hydrogen (secondary N) is 1. The first kappa shape index (κ1) is 24.5. The molecule has 0 saturated heterocycles. The van der Waals surface area contributed by atoms with Gasteiger partial charge < -0.3 is 19.5 Å². The van der Waals surface area contributed by atoms with Crippen molar-refractivity contribution in [2.24, 2.45) is 0 Å². The summed E-state index contributed by atoms with van der Waals surface area (Å²) in [5.41, 5.74) is -0.172. The molecule has 0 aromatic heterocycles. The van der Waals surface area contributed by atoms with Crippen LogP contribution in [-0.2, 0) is 9.53 Å². The van der Waals surface area contributed by atoms with E-state index < -0.39 is 35.6 Å². The minimum Gasteiger partial charge on any atom is -0.493 e. The monoisotopic (exact) mass is 452 g/mol. The van der Waals surface area contributed by atoms with Gasteiger partial charge in [-0.15, -0.1) is 0 Å². The predicted molar refractivity (Wildman–Crippen MR) is 109 cm³/mol. The molecule has 0 aliphatic rings. The van der Waals surface area contributed by atoms with Crippen molar-refractivity contribution in [2.45, 2.75) is 39.0 Å². The first-order valence-electron chi connectivity index (χ1n) is 9.48. The lowest BCUT2D eigenvalue weighted by Crippen LogP contribution is -2.31. The number of ether oxygens (including phenoxy) is 3. The number of hydrogen-bond acceptors (Lipinski definition) is 7. The van der Waals surface area contributed by atoms with E-state index in [9.17, 15) is 28.5 Å². The van der Waals surface area contributed by atoms with Gasteiger partial charge in [-0.05, 0) is 32.0 Å². The number of carbonyl (C=O) groups is 2. The molecule has 0 saturated carbocycles. The van der Waals surface area contributed by atoms with Crippen molar-refractivity contribution < 1.29 is 37.5 Å². The maximum Gasteiger partial charge on any atom is 0.387 e. The highest BCUT2D eigenvalue weighted by Gasteiger charge is 2.27. The second kappa shape index (κ2) is 11.0. The highest BCUT2D eigenvalue weighted by molar-refractivity contribution is 5.95. The first-order chi connectivity index (χ1) is 15.1. The fraction of sp³-hybridized carbons (Fsp3) is 0.333. The van der Waals surface area contributed by atoms with Crippen LogP contribution in [0.4, 0.5) is 14.5 Å². The number of para-hydroxylation sites is 1. The third-order valence-corrected chi connectivity index (χ3v) is 4.19. The molecule has 32 heavy (non-hydrogen) atoms. The van der Waals surface area contributed by atoms with E-state index in [4.69, 9.17) is 9.47 Å². The molecule has 9 nitrogen and oxygen atoms in total. The molecule has 0 heterocycles. The van der Waals surface area contributed by atoms with Gasteiger partial charge in [0.25, 0.3) is 11.6 Å². The molecule has 0 aliphatic carbocycles. The zero-order chi connectivity index (χ0) is 23.8. The summed E-state index contributed by atoms with van der Waals surface area (Å²) in [4.78, 5) is 35.9. The van der Waals surface area contributed by atoms with Crippen LogP contribution in [0, 0.1) is 10.1 Å². The van der Waals surface area contributed by atoms with Crippen LogP contribution in [0.2, 0.25) is 0 Å². The molecule has 0 spiro atoms. The standard InChI is InChI=1S/C21H22F2N2O7/c1-12(2)31-19(26)11-15(14-6-4-5-7-16(14)25(28)29)24-20(27)13-8-9-17(32-21(22)23)18(10-13)30-3/h4-10,12,15,21H,11H2,1-3H3,(H,24,27). The summed E-state index contributed by atoms with van der Waals surface area (Å²) in [6.45, 7) is 0.205. The minimum atomic E-state index is -3.08. The van der Waals surface area contributed by atoms with Crippen LogP contribution in [0.3, 0.4) is 0 Å². The number of alkyl halides is 2. The van der Waals surface area contributed by atoms with Gasteiger partial charge in [0.2, 0.25) is 0 Å². The molecule has 0 aliphatic heterocycles. The lowest BCUT2D eigenvalue weighted by Gasteiger charge is -2.20. The van der Waals surface area contributed by atoms with Gasteiger partial charge in [0.15, 0.2) is 11.5 Å². The summed E-state index contributed by atoms with van der Waals surface area (Å²) in [5.74, 6) is -1.76. The van der Waals surface area contributed by atoms with Crippen molar-refractivity contribution in [2.75, 3.05) is 7.11 Å². The van der Waals surface area contributed by atoms with Crippen LogP contribution < -0.4 is 14.8 Å². The quantitative estimate of drug-likeness (QED) is 0.329. The fourth-order valence-electron chi connectivity index (χ4n) is 2.91. The summed E-state index contributed by atoms with van der Waals surface area (Å²) >= 11 is 0. The number of esters is 1. The zero-order valence-corrected chi connectivity index (χ0v) is 17.5. The Morgan fingerprint density at radius 1 is 1.12 bits per heavy atom. The van der Waals surface area contributed by atoms with E-state index in [-0.39, 0.29) is 34.7 Å². The molecule has 1 unspecified atom stereocenters. The summed E-state index contributed by atoms with van der Waals surface area (Å²) in [7, 11) is 1.22. The SMILES string of the molecule is COc1cc(C(=O)NC(CC(=O)OC(C)C)c2ccccc2[N+](=O)[O-])ccc1OC(F)F. The van der Waals surface area contributed by atoms with Gasteiger partial charge in [0.05, 0.1) is 36.2 Å². The fourth-order valence-corrected chi connectivity index (χ4v) is 2.91. The Morgan fingerprint density at radius 3 is 2.41 bits per heavy atom. The number of nitrogens with zero attached hydrogens (tertiary/aromatic N) is 1. The third kappa shape index (κ3) is 6.62. The van der Waals surface area contributed by atoms with Gasteiger partial charge in [-0.1, -0.05) is 18.2 Å². The number of methoxy groups -OCH3 is 1. The van der Waals surface area contributed by atoms with Gasteiger partial charge in [-0.2, -0.15) is 8.78 Å². The summed E-state index contributed by atoms with van der Waals surface area (Å²) in [5, 5.41) is 14.0. The van der Waals surface area contributed by atoms with Gasteiger partial charge in [-0.25, -0.2) is 0 Å². The molecular formula is C21H22F2N2O7. The highest BCUT2D eigenvalue weighted by Crippen LogP contribution is 2.31. The molecule has 172 valence electrons. The van der Waals surface area contributed by atoms with Crippen LogP contribution in [0.15, 0.2) is 42.5 Å². The number of carbonyl (C=O) groups excluding carboxylic acids is 2. The zero-order valence-electron chi connectivity index (χ0n) is 17.5. The molecule has 1 amide bonds. The largest absolute Gasteiger partial charge is 0.493 e. The smallest absolute Gasteiger partial charge is 0.387 e. The Hall–Kier alpha value is -3.76. The number of rotatable bonds is 10. The molecule has 11 heteroatoms. The number of amides is 1. The van der Waals surface area contributed by atoms with Crippen molar-refractivity contribution in [1.82, 2.24) is 5.32 Å².